The number of benzene rings is 1. The van der Waals surface area contributed by atoms with E-state index in [1.165, 1.54) is 0 Å². The third-order valence-corrected chi connectivity index (χ3v) is 3.42. The molecule has 1 aromatic carbocycles. The molecule has 0 aliphatic heterocycles. The van der Waals surface area contributed by atoms with Crippen molar-refractivity contribution in [3.05, 3.63) is 46.5 Å². The van der Waals surface area contributed by atoms with E-state index in [-0.39, 0.29) is 17.3 Å². The van der Waals surface area contributed by atoms with Gasteiger partial charge in [0.1, 0.15) is 0 Å². The largest absolute Gasteiger partial charge is 0.330 e. The zero-order valence-corrected chi connectivity index (χ0v) is 12.0. The van der Waals surface area contributed by atoms with Gasteiger partial charge in [-0.1, -0.05) is 6.92 Å². The van der Waals surface area contributed by atoms with E-state index in [1.54, 1.807) is 13.8 Å². The summed E-state index contributed by atoms with van der Waals surface area (Å²) >= 11 is 0. The average molecular weight is 295 g/mol. The fourth-order valence-electron chi connectivity index (χ4n) is 2.37. The van der Waals surface area contributed by atoms with Crippen LogP contribution < -0.4 is 5.73 Å². The second-order valence-electron chi connectivity index (χ2n) is 5.02. The summed E-state index contributed by atoms with van der Waals surface area (Å²) in [7, 11) is 0. The highest BCUT2D eigenvalue weighted by Crippen LogP contribution is 2.25. The van der Waals surface area contributed by atoms with Gasteiger partial charge in [0.15, 0.2) is 23.3 Å². The SMILES string of the molecule is Cc1nc(-c2cc(F)c(F)c(F)c2)nc(C)c1C(C)CN. The number of hydrogen-bond acceptors (Lipinski definition) is 3. The summed E-state index contributed by atoms with van der Waals surface area (Å²) in [5, 5.41) is 0. The lowest BCUT2D eigenvalue weighted by Crippen LogP contribution is -2.14. The molecule has 1 heterocycles. The second-order valence-corrected chi connectivity index (χ2v) is 5.02. The van der Waals surface area contributed by atoms with Gasteiger partial charge in [-0.05, 0) is 44.0 Å². The summed E-state index contributed by atoms with van der Waals surface area (Å²) in [4.78, 5) is 8.53. The van der Waals surface area contributed by atoms with Gasteiger partial charge in [-0.15, -0.1) is 0 Å². The summed E-state index contributed by atoms with van der Waals surface area (Å²) in [6.45, 7) is 5.98. The maximum Gasteiger partial charge on any atom is 0.194 e. The van der Waals surface area contributed by atoms with E-state index < -0.39 is 17.5 Å². The minimum atomic E-state index is -1.50. The van der Waals surface area contributed by atoms with E-state index in [9.17, 15) is 13.2 Å². The lowest BCUT2D eigenvalue weighted by Gasteiger charge is -2.15. The number of nitrogens with two attached hydrogens (primary N) is 1. The number of halogens is 3. The van der Waals surface area contributed by atoms with Crippen LogP contribution in [-0.4, -0.2) is 16.5 Å². The first-order valence-corrected chi connectivity index (χ1v) is 6.55. The normalized spacial score (nSPS) is 12.5. The molecule has 1 atom stereocenters. The minimum absolute atomic E-state index is 0.0840. The molecular weight excluding hydrogens is 279 g/mol. The van der Waals surface area contributed by atoms with Crippen LogP contribution >= 0.6 is 0 Å². The summed E-state index contributed by atoms with van der Waals surface area (Å²) < 4.78 is 39.6. The smallest absolute Gasteiger partial charge is 0.194 e. The second kappa shape index (κ2) is 5.81. The Morgan fingerprint density at radius 1 is 1.05 bits per heavy atom. The van der Waals surface area contributed by atoms with Gasteiger partial charge in [-0.2, -0.15) is 0 Å². The molecule has 0 amide bonds. The molecule has 2 N–H and O–H groups in total. The van der Waals surface area contributed by atoms with Crippen LogP contribution in [-0.2, 0) is 0 Å². The van der Waals surface area contributed by atoms with Crippen molar-refractivity contribution in [3.63, 3.8) is 0 Å². The Balaban J connectivity index is 2.57. The topological polar surface area (TPSA) is 51.8 Å². The summed E-state index contributed by atoms with van der Waals surface area (Å²) in [6, 6.07) is 1.78. The van der Waals surface area contributed by atoms with Crippen molar-refractivity contribution in [2.75, 3.05) is 6.54 Å². The molecule has 3 nitrogen and oxygen atoms in total. The molecule has 1 aromatic heterocycles. The zero-order chi connectivity index (χ0) is 15.7. The molecule has 0 radical (unpaired) electrons. The Morgan fingerprint density at radius 3 is 1.95 bits per heavy atom. The predicted octanol–water partition coefficient (Wildman–Crippen LogP) is 3.24. The molecule has 0 aliphatic rings. The first-order chi connectivity index (χ1) is 9.85. The van der Waals surface area contributed by atoms with Crippen LogP contribution in [0.3, 0.4) is 0 Å². The van der Waals surface area contributed by atoms with E-state index in [4.69, 9.17) is 5.73 Å². The molecule has 0 saturated heterocycles. The highest BCUT2D eigenvalue weighted by molar-refractivity contribution is 5.56. The van der Waals surface area contributed by atoms with Gasteiger partial charge >= 0.3 is 0 Å². The number of nitrogens with zero attached hydrogens (tertiary/aromatic N) is 2. The Hall–Kier alpha value is -1.95. The van der Waals surface area contributed by atoms with Crippen molar-refractivity contribution in [2.24, 2.45) is 5.73 Å². The fourth-order valence-corrected chi connectivity index (χ4v) is 2.37. The molecule has 6 heteroatoms. The van der Waals surface area contributed by atoms with Gasteiger partial charge in [0, 0.05) is 17.0 Å². The zero-order valence-electron chi connectivity index (χ0n) is 12.0. The molecule has 0 aliphatic carbocycles. The molecule has 2 aromatic rings. The molecule has 0 saturated carbocycles. The van der Waals surface area contributed by atoms with E-state index in [2.05, 4.69) is 9.97 Å². The first-order valence-electron chi connectivity index (χ1n) is 6.55. The van der Waals surface area contributed by atoms with Gasteiger partial charge in [0.25, 0.3) is 0 Å². The Kier molecular flexibility index (Phi) is 4.27. The molecule has 0 bridgehead atoms. The van der Waals surface area contributed by atoms with Crippen LogP contribution in [0.2, 0.25) is 0 Å². The molecule has 0 spiro atoms. The Bertz CT molecular complexity index is 640. The van der Waals surface area contributed by atoms with Gasteiger partial charge in [-0.25, -0.2) is 23.1 Å². The molecule has 1 unspecified atom stereocenters. The van der Waals surface area contributed by atoms with E-state index in [1.807, 2.05) is 6.92 Å². The maximum absolute atomic E-state index is 13.3. The lowest BCUT2D eigenvalue weighted by atomic mass is 9.98. The molecular formula is C15H16F3N3. The van der Waals surface area contributed by atoms with Gasteiger partial charge in [0.2, 0.25) is 0 Å². The number of hydrogen-bond donors (Lipinski definition) is 1. The monoisotopic (exact) mass is 295 g/mol. The van der Waals surface area contributed by atoms with Crippen molar-refractivity contribution in [3.8, 4) is 11.4 Å². The summed E-state index contributed by atoms with van der Waals surface area (Å²) in [6.07, 6.45) is 0. The molecule has 2 rings (SSSR count). The van der Waals surface area contributed by atoms with Crippen molar-refractivity contribution in [1.29, 1.82) is 0 Å². The molecule has 0 fully saturated rings. The first kappa shape index (κ1) is 15.4. The van der Waals surface area contributed by atoms with Crippen molar-refractivity contribution < 1.29 is 13.2 Å². The van der Waals surface area contributed by atoms with Crippen LogP contribution in [0.25, 0.3) is 11.4 Å². The average Bonchev–Trinajstić information content (AvgIpc) is 2.43. The van der Waals surface area contributed by atoms with Gasteiger partial charge < -0.3 is 5.73 Å². The van der Waals surface area contributed by atoms with Gasteiger partial charge in [0.05, 0.1) is 0 Å². The van der Waals surface area contributed by atoms with E-state index in [0.717, 1.165) is 17.7 Å². The number of aromatic nitrogens is 2. The van der Waals surface area contributed by atoms with E-state index in [0.29, 0.717) is 17.9 Å². The van der Waals surface area contributed by atoms with Crippen LogP contribution in [0, 0.1) is 31.3 Å². The highest BCUT2D eigenvalue weighted by atomic mass is 19.2. The number of rotatable bonds is 3. The Labute approximate surface area is 121 Å². The van der Waals surface area contributed by atoms with Crippen molar-refractivity contribution >= 4 is 0 Å². The third-order valence-electron chi connectivity index (χ3n) is 3.42. The van der Waals surface area contributed by atoms with Crippen LogP contribution in [0.15, 0.2) is 12.1 Å². The highest BCUT2D eigenvalue weighted by Gasteiger charge is 2.17. The molecule has 112 valence electrons. The van der Waals surface area contributed by atoms with E-state index >= 15 is 0 Å². The summed E-state index contributed by atoms with van der Waals surface area (Å²) in [5.41, 5.74) is 8.06. The fraction of sp³-hybridized carbons (Fsp3) is 0.333. The van der Waals surface area contributed by atoms with Crippen molar-refractivity contribution in [2.45, 2.75) is 26.7 Å². The quantitative estimate of drug-likeness (QED) is 0.884. The minimum Gasteiger partial charge on any atom is -0.330 e. The maximum atomic E-state index is 13.3. The lowest BCUT2D eigenvalue weighted by molar-refractivity contribution is 0.447. The Morgan fingerprint density at radius 2 is 1.52 bits per heavy atom. The predicted molar refractivity (Wildman–Crippen MR) is 74.3 cm³/mol. The van der Waals surface area contributed by atoms with Gasteiger partial charge in [-0.3, -0.25) is 0 Å². The molecule has 21 heavy (non-hydrogen) atoms. The number of aryl methyl sites for hydroxylation is 2. The summed E-state index contributed by atoms with van der Waals surface area (Å²) in [5.74, 6) is -3.77. The third kappa shape index (κ3) is 2.90. The van der Waals surface area contributed by atoms with Crippen LogP contribution in [0.1, 0.15) is 29.8 Å². The standard InChI is InChI=1S/C15H16F3N3/c1-7(6-19)13-8(2)20-15(21-9(13)3)10-4-11(16)14(18)12(17)5-10/h4-5,7H,6,19H2,1-3H3. The van der Waals surface area contributed by atoms with Crippen molar-refractivity contribution in [1.82, 2.24) is 9.97 Å². The van der Waals surface area contributed by atoms with Crippen LogP contribution in [0.5, 0.6) is 0 Å². The van der Waals surface area contributed by atoms with Crippen LogP contribution in [0.4, 0.5) is 13.2 Å².